The highest BCUT2D eigenvalue weighted by Gasteiger charge is 2.07. The van der Waals surface area contributed by atoms with Crippen molar-refractivity contribution in [2.75, 3.05) is 13.7 Å². The summed E-state index contributed by atoms with van der Waals surface area (Å²) in [6.45, 7) is 0.546. The van der Waals surface area contributed by atoms with Gasteiger partial charge in [-0.2, -0.15) is 5.10 Å². The van der Waals surface area contributed by atoms with Crippen LogP contribution in [0.2, 0.25) is 5.02 Å². The van der Waals surface area contributed by atoms with Gasteiger partial charge in [0.05, 0.1) is 19.3 Å². The van der Waals surface area contributed by atoms with E-state index in [1.807, 2.05) is 12.1 Å². The van der Waals surface area contributed by atoms with Gasteiger partial charge in [-0.3, -0.25) is 9.59 Å². The second kappa shape index (κ2) is 8.51. The number of rotatable bonds is 6. The predicted molar refractivity (Wildman–Crippen MR) is 104 cm³/mol. The molecule has 0 aliphatic rings. The zero-order chi connectivity index (χ0) is 19.2. The SMILES string of the molecule is COc1ccc(C(=O)NCCn2nc(-c3ccc(Cl)cc3)ccc2=O)cc1. The molecule has 0 fully saturated rings. The molecule has 0 aliphatic carbocycles. The molecule has 7 heteroatoms. The molecule has 27 heavy (non-hydrogen) atoms. The first kappa shape index (κ1) is 18.7. The van der Waals surface area contributed by atoms with Gasteiger partial charge in [-0.25, -0.2) is 4.68 Å². The number of ether oxygens (including phenoxy) is 1. The Balaban J connectivity index is 1.65. The normalized spacial score (nSPS) is 10.4. The largest absolute Gasteiger partial charge is 0.497 e. The third-order valence-corrected chi connectivity index (χ3v) is 4.22. The van der Waals surface area contributed by atoms with E-state index in [1.54, 1.807) is 49.6 Å². The first-order valence-electron chi connectivity index (χ1n) is 8.33. The molecule has 0 atom stereocenters. The van der Waals surface area contributed by atoms with Crippen LogP contribution in [0.25, 0.3) is 11.3 Å². The smallest absolute Gasteiger partial charge is 0.266 e. The molecule has 3 rings (SSSR count). The van der Waals surface area contributed by atoms with Gasteiger partial charge >= 0.3 is 0 Å². The van der Waals surface area contributed by atoms with E-state index in [4.69, 9.17) is 16.3 Å². The van der Waals surface area contributed by atoms with Gasteiger partial charge in [0, 0.05) is 28.8 Å². The van der Waals surface area contributed by atoms with Gasteiger partial charge in [0.1, 0.15) is 5.75 Å². The van der Waals surface area contributed by atoms with Crippen LogP contribution in [0.3, 0.4) is 0 Å². The Morgan fingerprint density at radius 1 is 1.07 bits per heavy atom. The van der Waals surface area contributed by atoms with Crippen molar-refractivity contribution in [2.45, 2.75) is 6.54 Å². The van der Waals surface area contributed by atoms with Crippen LogP contribution in [-0.4, -0.2) is 29.3 Å². The fourth-order valence-corrected chi connectivity index (χ4v) is 2.63. The van der Waals surface area contributed by atoms with Crippen molar-refractivity contribution in [2.24, 2.45) is 0 Å². The van der Waals surface area contributed by atoms with E-state index in [-0.39, 0.29) is 24.6 Å². The molecule has 3 aromatic rings. The van der Waals surface area contributed by atoms with Crippen LogP contribution >= 0.6 is 11.6 Å². The standard InChI is InChI=1S/C20H18ClN3O3/c1-27-17-8-4-15(5-9-17)20(26)22-12-13-24-19(25)11-10-18(23-24)14-2-6-16(21)7-3-14/h2-11H,12-13H2,1H3,(H,22,26). The van der Waals surface area contributed by atoms with E-state index in [0.29, 0.717) is 22.0 Å². The molecule has 0 bridgehead atoms. The summed E-state index contributed by atoms with van der Waals surface area (Å²) in [5.74, 6) is 0.459. The van der Waals surface area contributed by atoms with Gasteiger partial charge in [0.15, 0.2) is 0 Å². The Kier molecular flexibility index (Phi) is 5.88. The second-order valence-corrected chi connectivity index (χ2v) is 6.21. The third-order valence-electron chi connectivity index (χ3n) is 3.97. The van der Waals surface area contributed by atoms with E-state index in [0.717, 1.165) is 5.56 Å². The lowest BCUT2D eigenvalue weighted by molar-refractivity contribution is 0.0951. The zero-order valence-corrected chi connectivity index (χ0v) is 15.4. The van der Waals surface area contributed by atoms with Crippen LogP contribution in [0.15, 0.2) is 65.5 Å². The van der Waals surface area contributed by atoms with Crippen LogP contribution in [0, 0.1) is 0 Å². The second-order valence-electron chi connectivity index (χ2n) is 5.77. The average Bonchev–Trinajstić information content (AvgIpc) is 2.70. The summed E-state index contributed by atoms with van der Waals surface area (Å²) < 4.78 is 6.40. The number of hydrogen-bond donors (Lipinski definition) is 1. The molecular weight excluding hydrogens is 366 g/mol. The summed E-state index contributed by atoms with van der Waals surface area (Å²) in [5.41, 5.74) is 1.81. The number of aromatic nitrogens is 2. The highest BCUT2D eigenvalue weighted by molar-refractivity contribution is 6.30. The van der Waals surface area contributed by atoms with Crippen molar-refractivity contribution in [1.29, 1.82) is 0 Å². The fraction of sp³-hybridized carbons (Fsp3) is 0.150. The van der Waals surface area contributed by atoms with Gasteiger partial charge in [0.2, 0.25) is 0 Å². The van der Waals surface area contributed by atoms with E-state index in [2.05, 4.69) is 10.4 Å². The van der Waals surface area contributed by atoms with Crippen molar-refractivity contribution in [3.05, 3.63) is 81.6 Å². The summed E-state index contributed by atoms with van der Waals surface area (Å²) in [6.07, 6.45) is 0. The maximum Gasteiger partial charge on any atom is 0.266 e. The van der Waals surface area contributed by atoms with Crippen molar-refractivity contribution in [3.63, 3.8) is 0 Å². The van der Waals surface area contributed by atoms with Crippen LogP contribution in [0.5, 0.6) is 5.75 Å². The van der Waals surface area contributed by atoms with Gasteiger partial charge < -0.3 is 10.1 Å². The van der Waals surface area contributed by atoms with Gasteiger partial charge in [-0.05, 0) is 42.5 Å². The van der Waals surface area contributed by atoms with Crippen LogP contribution in [-0.2, 0) is 6.54 Å². The predicted octanol–water partition coefficient (Wildman–Crippen LogP) is 3.00. The molecular formula is C20H18ClN3O3. The lowest BCUT2D eigenvalue weighted by Crippen LogP contribution is -2.31. The zero-order valence-electron chi connectivity index (χ0n) is 14.7. The van der Waals surface area contributed by atoms with Crippen LogP contribution < -0.4 is 15.6 Å². The number of amides is 1. The number of methoxy groups -OCH3 is 1. The summed E-state index contributed by atoms with van der Waals surface area (Å²) >= 11 is 5.90. The minimum absolute atomic E-state index is 0.223. The van der Waals surface area contributed by atoms with Crippen molar-refractivity contribution in [3.8, 4) is 17.0 Å². The van der Waals surface area contributed by atoms with Gasteiger partial charge in [-0.15, -0.1) is 0 Å². The molecule has 0 spiro atoms. The number of halogens is 1. The lowest BCUT2D eigenvalue weighted by Gasteiger charge is -2.09. The Morgan fingerprint density at radius 2 is 1.78 bits per heavy atom. The van der Waals surface area contributed by atoms with Gasteiger partial charge in [-0.1, -0.05) is 23.7 Å². The van der Waals surface area contributed by atoms with Crippen molar-refractivity contribution in [1.82, 2.24) is 15.1 Å². The molecule has 1 aromatic heterocycles. The molecule has 0 aliphatic heterocycles. The number of nitrogens with one attached hydrogen (secondary N) is 1. The Labute approximate surface area is 161 Å². The van der Waals surface area contributed by atoms with Crippen LogP contribution in [0.1, 0.15) is 10.4 Å². The maximum absolute atomic E-state index is 12.2. The Morgan fingerprint density at radius 3 is 2.44 bits per heavy atom. The third kappa shape index (κ3) is 4.74. The molecule has 0 saturated heterocycles. The van der Waals surface area contributed by atoms with Crippen molar-refractivity contribution < 1.29 is 9.53 Å². The molecule has 0 saturated carbocycles. The first-order chi connectivity index (χ1) is 13.1. The molecule has 138 valence electrons. The van der Waals surface area contributed by atoms with Crippen LogP contribution in [0.4, 0.5) is 0 Å². The highest BCUT2D eigenvalue weighted by Crippen LogP contribution is 2.18. The van der Waals surface area contributed by atoms with Crippen molar-refractivity contribution >= 4 is 17.5 Å². The molecule has 1 N–H and O–H groups in total. The number of hydrogen-bond acceptors (Lipinski definition) is 4. The Hall–Kier alpha value is -3.12. The minimum atomic E-state index is -0.230. The molecule has 2 aromatic carbocycles. The quantitative estimate of drug-likeness (QED) is 0.710. The fourth-order valence-electron chi connectivity index (χ4n) is 2.50. The molecule has 1 heterocycles. The summed E-state index contributed by atoms with van der Waals surface area (Å²) in [7, 11) is 1.57. The number of carbonyl (C=O) groups is 1. The lowest BCUT2D eigenvalue weighted by atomic mass is 10.1. The minimum Gasteiger partial charge on any atom is -0.497 e. The molecule has 0 radical (unpaired) electrons. The number of nitrogens with zero attached hydrogens (tertiary/aromatic N) is 2. The monoisotopic (exact) mass is 383 g/mol. The van der Waals surface area contributed by atoms with E-state index in [9.17, 15) is 9.59 Å². The van der Waals surface area contributed by atoms with E-state index < -0.39 is 0 Å². The van der Waals surface area contributed by atoms with Gasteiger partial charge in [0.25, 0.3) is 11.5 Å². The number of carbonyl (C=O) groups excluding carboxylic acids is 1. The van der Waals surface area contributed by atoms with E-state index in [1.165, 1.54) is 10.7 Å². The summed E-state index contributed by atoms with van der Waals surface area (Å²) in [4.78, 5) is 24.2. The molecule has 6 nitrogen and oxygen atoms in total. The first-order valence-corrected chi connectivity index (χ1v) is 8.71. The summed E-state index contributed by atoms with van der Waals surface area (Å²) in [6, 6.07) is 17.1. The molecule has 0 unspecified atom stereocenters. The topological polar surface area (TPSA) is 73.2 Å². The number of benzene rings is 2. The Bertz CT molecular complexity index is 983. The maximum atomic E-state index is 12.2. The average molecular weight is 384 g/mol. The summed E-state index contributed by atoms with van der Waals surface area (Å²) in [5, 5.41) is 7.77. The molecule has 1 amide bonds. The van der Waals surface area contributed by atoms with E-state index >= 15 is 0 Å². The highest BCUT2D eigenvalue weighted by atomic mass is 35.5.